The fraction of sp³-hybridized carbons (Fsp3) is 0.409. The van der Waals surface area contributed by atoms with Crippen molar-refractivity contribution in [2.24, 2.45) is 0 Å². The molecule has 1 amide bonds. The van der Waals surface area contributed by atoms with Crippen molar-refractivity contribution in [2.75, 3.05) is 26.4 Å². The molecule has 1 N–H and O–H groups in total. The fourth-order valence-corrected chi connectivity index (χ4v) is 4.56. The molecule has 0 unspecified atom stereocenters. The Morgan fingerprint density at radius 1 is 1.10 bits per heavy atom. The largest absolute Gasteiger partial charge is 0.489 e. The normalized spacial score (nSPS) is 18.0. The van der Waals surface area contributed by atoms with Gasteiger partial charge in [0.25, 0.3) is 0 Å². The van der Waals surface area contributed by atoms with Gasteiger partial charge in [0.05, 0.1) is 30.2 Å². The molecular formula is C22H23BrClNO4. The minimum atomic E-state index is -0.436. The maximum absolute atomic E-state index is 13.0. The molecule has 0 atom stereocenters. The van der Waals surface area contributed by atoms with E-state index in [1.165, 1.54) is 0 Å². The van der Waals surface area contributed by atoms with Crippen LogP contribution in [-0.2, 0) is 21.5 Å². The van der Waals surface area contributed by atoms with E-state index >= 15 is 0 Å². The summed E-state index contributed by atoms with van der Waals surface area (Å²) in [5.41, 5.74) is 1.45. The van der Waals surface area contributed by atoms with Crippen LogP contribution in [0.3, 0.4) is 0 Å². The third kappa shape index (κ3) is 4.71. The smallest absolute Gasteiger partial charge is 0.225 e. The van der Waals surface area contributed by atoms with Crippen LogP contribution in [0.5, 0.6) is 11.5 Å². The summed E-state index contributed by atoms with van der Waals surface area (Å²) >= 11 is 9.92. The summed E-state index contributed by atoms with van der Waals surface area (Å²) in [6.45, 7) is 2.38. The number of nitrogens with one attached hydrogen (secondary N) is 1. The fourth-order valence-electron chi connectivity index (χ4n) is 3.87. The van der Waals surface area contributed by atoms with Gasteiger partial charge in [-0.1, -0.05) is 39.7 Å². The number of benzene rings is 2. The van der Waals surface area contributed by atoms with Crippen LogP contribution >= 0.6 is 27.5 Å². The average Bonchev–Trinajstić information content (AvgIpc) is 2.94. The highest BCUT2D eigenvalue weighted by molar-refractivity contribution is 9.10. The van der Waals surface area contributed by atoms with E-state index in [0.29, 0.717) is 42.9 Å². The van der Waals surface area contributed by atoms with Crippen LogP contribution in [0.1, 0.15) is 30.4 Å². The molecule has 1 fully saturated rings. The molecule has 0 spiro atoms. The zero-order valence-electron chi connectivity index (χ0n) is 16.0. The number of halogens is 2. The van der Waals surface area contributed by atoms with Crippen molar-refractivity contribution < 1.29 is 19.0 Å². The molecular weight excluding hydrogens is 458 g/mol. The minimum Gasteiger partial charge on any atom is -0.489 e. The first-order valence-electron chi connectivity index (χ1n) is 9.79. The third-order valence-electron chi connectivity index (χ3n) is 5.33. The molecule has 2 aliphatic heterocycles. The second kappa shape index (κ2) is 8.94. The highest BCUT2D eigenvalue weighted by atomic mass is 79.9. The topological polar surface area (TPSA) is 56.8 Å². The van der Waals surface area contributed by atoms with Gasteiger partial charge in [-0.25, -0.2) is 0 Å². The van der Waals surface area contributed by atoms with E-state index in [4.69, 9.17) is 25.8 Å². The van der Waals surface area contributed by atoms with Crippen molar-refractivity contribution in [1.29, 1.82) is 0 Å². The van der Waals surface area contributed by atoms with E-state index in [9.17, 15) is 4.79 Å². The van der Waals surface area contributed by atoms with Gasteiger partial charge < -0.3 is 19.5 Å². The zero-order chi connectivity index (χ0) is 20.3. The van der Waals surface area contributed by atoms with Gasteiger partial charge in [0.15, 0.2) is 11.5 Å². The van der Waals surface area contributed by atoms with Crippen molar-refractivity contribution in [1.82, 2.24) is 5.32 Å². The number of amides is 1. The molecule has 0 radical (unpaired) electrons. The Labute approximate surface area is 183 Å². The van der Waals surface area contributed by atoms with Crippen LogP contribution in [0.2, 0.25) is 5.02 Å². The SMILES string of the molecule is O=C(Cc1cc(Cl)c2c(c1)OCCCO2)NC1(c2cccc(Br)c2)CCOCC1. The summed E-state index contributed by atoms with van der Waals surface area (Å²) in [6, 6.07) is 11.7. The van der Waals surface area contributed by atoms with Crippen molar-refractivity contribution in [3.8, 4) is 11.5 Å². The van der Waals surface area contributed by atoms with Gasteiger partial charge in [0.2, 0.25) is 5.91 Å². The van der Waals surface area contributed by atoms with Crippen LogP contribution in [-0.4, -0.2) is 32.3 Å². The first-order chi connectivity index (χ1) is 14.1. The third-order valence-corrected chi connectivity index (χ3v) is 6.10. The molecule has 2 aliphatic rings. The number of hydrogen-bond donors (Lipinski definition) is 1. The lowest BCUT2D eigenvalue weighted by Gasteiger charge is -2.38. The molecule has 0 aliphatic carbocycles. The number of hydrogen-bond acceptors (Lipinski definition) is 4. The molecule has 5 nitrogen and oxygen atoms in total. The lowest BCUT2D eigenvalue weighted by Crippen LogP contribution is -2.50. The minimum absolute atomic E-state index is 0.0579. The Morgan fingerprint density at radius 2 is 1.90 bits per heavy atom. The van der Waals surface area contributed by atoms with E-state index in [1.54, 1.807) is 6.07 Å². The van der Waals surface area contributed by atoms with Gasteiger partial charge in [0.1, 0.15) is 0 Å². The second-order valence-electron chi connectivity index (χ2n) is 7.39. The summed E-state index contributed by atoms with van der Waals surface area (Å²) < 4.78 is 18.0. The van der Waals surface area contributed by atoms with Gasteiger partial charge in [-0.3, -0.25) is 4.79 Å². The van der Waals surface area contributed by atoms with E-state index < -0.39 is 5.54 Å². The van der Waals surface area contributed by atoms with E-state index in [1.807, 2.05) is 18.2 Å². The summed E-state index contributed by atoms with van der Waals surface area (Å²) in [6.07, 6.45) is 2.49. The van der Waals surface area contributed by atoms with Crippen LogP contribution < -0.4 is 14.8 Å². The lowest BCUT2D eigenvalue weighted by molar-refractivity contribution is -0.123. The Balaban J connectivity index is 1.54. The quantitative estimate of drug-likeness (QED) is 0.693. The molecule has 154 valence electrons. The van der Waals surface area contributed by atoms with Crippen LogP contribution in [0.15, 0.2) is 40.9 Å². The van der Waals surface area contributed by atoms with Gasteiger partial charge in [-0.15, -0.1) is 0 Å². The summed E-state index contributed by atoms with van der Waals surface area (Å²) in [7, 11) is 0. The second-order valence-corrected chi connectivity index (χ2v) is 8.71. The van der Waals surface area contributed by atoms with E-state index in [0.717, 1.165) is 34.9 Å². The standard InChI is InChI=1S/C22H23BrClNO4/c23-17-4-1-3-16(14-17)22(5-9-27-10-6-22)25-20(26)13-15-11-18(24)21-19(12-15)28-7-2-8-29-21/h1,3-4,11-12,14H,2,5-10,13H2,(H,25,26). The Hall–Kier alpha value is -1.76. The van der Waals surface area contributed by atoms with Gasteiger partial charge in [-0.2, -0.15) is 0 Å². The van der Waals surface area contributed by atoms with Crippen LogP contribution in [0, 0.1) is 0 Å². The predicted octanol–water partition coefficient (Wildman–Crippen LogP) is 4.63. The maximum Gasteiger partial charge on any atom is 0.225 e. The van der Waals surface area contributed by atoms with Gasteiger partial charge in [0, 0.05) is 24.1 Å². The Bertz CT molecular complexity index is 898. The molecule has 7 heteroatoms. The molecule has 1 saturated heterocycles. The molecule has 0 bridgehead atoms. The van der Waals surface area contributed by atoms with Crippen molar-refractivity contribution in [3.05, 3.63) is 57.0 Å². The number of ether oxygens (including phenoxy) is 3. The summed E-state index contributed by atoms with van der Waals surface area (Å²) in [5.74, 6) is 1.10. The highest BCUT2D eigenvalue weighted by Gasteiger charge is 2.36. The van der Waals surface area contributed by atoms with E-state index in [-0.39, 0.29) is 12.3 Å². The molecule has 2 heterocycles. The average molecular weight is 481 g/mol. The summed E-state index contributed by atoms with van der Waals surface area (Å²) in [4.78, 5) is 13.0. The molecule has 2 aromatic carbocycles. The van der Waals surface area contributed by atoms with Gasteiger partial charge >= 0.3 is 0 Å². The van der Waals surface area contributed by atoms with Crippen molar-refractivity contribution >= 4 is 33.4 Å². The first kappa shape index (κ1) is 20.5. The van der Waals surface area contributed by atoms with Crippen LogP contribution in [0.4, 0.5) is 0 Å². The van der Waals surface area contributed by atoms with Crippen LogP contribution in [0.25, 0.3) is 0 Å². The first-order valence-corrected chi connectivity index (χ1v) is 11.0. The van der Waals surface area contributed by atoms with E-state index in [2.05, 4.69) is 33.4 Å². The number of carbonyl (C=O) groups is 1. The molecule has 4 rings (SSSR count). The van der Waals surface area contributed by atoms with Gasteiger partial charge in [-0.05, 0) is 48.2 Å². The zero-order valence-corrected chi connectivity index (χ0v) is 18.4. The summed E-state index contributed by atoms with van der Waals surface area (Å²) in [5, 5.41) is 3.75. The maximum atomic E-state index is 13.0. The monoisotopic (exact) mass is 479 g/mol. The number of rotatable bonds is 4. The molecule has 0 saturated carbocycles. The molecule has 2 aromatic rings. The lowest BCUT2D eigenvalue weighted by atomic mass is 9.82. The Morgan fingerprint density at radius 3 is 2.69 bits per heavy atom. The molecule has 29 heavy (non-hydrogen) atoms. The van der Waals surface area contributed by atoms with Crippen molar-refractivity contribution in [3.63, 3.8) is 0 Å². The molecule has 0 aromatic heterocycles. The number of fused-ring (bicyclic) bond motifs is 1. The van der Waals surface area contributed by atoms with Crippen molar-refractivity contribution in [2.45, 2.75) is 31.2 Å². The Kier molecular flexibility index (Phi) is 6.32. The predicted molar refractivity (Wildman–Crippen MR) is 115 cm³/mol. The highest BCUT2D eigenvalue weighted by Crippen LogP contribution is 2.38. The number of carbonyl (C=O) groups excluding carboxylic acids is 1.